The molecule has 4 nitrogen and oxygen atoms in total. The van der Waals surface area contributed by atoms with Gasteiger partial charge in [-0.3, -0.25) is 9.59 Å². The Morgan fingerprint density at radius 1 is 0.966 bits per heavy atom. The fraction of sp³-hybridized carbons (Fsp3) is 0.0909. The van der Waals surface area contributed by atoms with Crippen LogP contribution >= 0.6 is 23.4 Å². The molecule has 3 aromatic carbocycles. The zero-order chi connectivity index (χ0) is 20.8. The van der Waals surface area contributed by atoms with Gasteiger partial charge < -0.3 is 10.6 Å². The molecule has 2 amide bonds. The summed E-state index contributed by atoms with van der Waals surface area (Å²) in [5.41, 5.74) is 1.51. The molecule has 7 heteroatoms. The highest BCUT2D eigenvalue weighted by Crippen LogP contribution is 2.28. The molecule has 0 heterocycles. The highest BCUT2D eigenvalue weighted by atomic mass is 35.5. The van der Waals surface area contributed by atoms with Crippen LogP contribution in [-0.4, -0.2) is 17.1 Å². The van der Waals surface area contributed by atoms with Crippen LogP contribution in [0.15, 0.2) is 77.7 Å². The normalized spacial score (nSPS) is 11.6. The first kappa shape index (κ1) is 20.9. The Morgan fingerprint density at radius 3 is 2.41 bits per heavy atom. The summed E-state index contributed by atoms with van der Waals surface area (Å²) in [4.78, 5) is 25.6. The van der Waals surface area contributed by atoms with Gasteiger partial charge in [-0.05, 0) is 61.5 Å². The monoisotopic (exact) mass is 428 g/mol. The molecule has 148 valence electrons. The van der Waals surface area contributed by atoms with Gasteiger partial charge in [-0.25, -0.2) is 4.39 Å². The minimum Gasteiger partial charge on any atom is -0.324 e. The van der Waals surface area contributed by atoms with E-state index < -0.39 is 5.82 Å². The lowest BCUT2D eigenvalue weighted by atomic mass is 10.2. The van der Waals surface area contributed by atoms with Gasteiger partial charge in [0.15, 0.2) is 0 Å². The van der Waals surface area contributed by atoms with Crippen molar-refractivity contribution >= 4 is 46.6 Å². The van der Waals surface area contributed by atoms with Gasteiger partial charge in [0, 0.05) is 16.1 Å². The van der Waals surface area contributed by atoms with E-state index in [0.29, 0.717) is 22.0 Å². The number of halogens is 2. The van der Waals surface area contributed by atoms with Crippen LogP contribution in [0.5, 0.6) is 0 Å². The van der Waals surface area contributed by atoms with Gasteiger partial charge in [-0.15, -0.1) is 11.8 Å². The van der Waals surface area contributed by atoms with E-state index >= 15 is 0 Å². The van der Waals surface area contributed by atoms with Crippen LogP contribution in [0.2, 0.25) is 5.02 Å². The molecule has 0 saturated carbocycles. The summed E-state index contributed by atoms with van der Waals surface area (Å²) in [5, 5.41) is 5.68. The molecule has 29 heavy (non-hydrogen) atoms. The highest BCUT2D eigenvalue weighted by molar-refractivity contribution is 8.00. The number of amides is 2. The topological polar surface area (TPSA) is 58.2 Å². The lowest BCUT2D eigenvalue weighted by Gasteiger charge is -2.14. The van der Waals surface area contributed by atoms with E-state index in [1.807, 2.05) is 6.07 Å². The molecule has 3 rings (SSSR count). The molecule has 0 aliphatic rings. The van der Waals surface area contributed by atoms with Crippen molar-refractivity contribution in [2.45, 2.75) is 17.1 Å². The van der Waals surface area contributed by atoms with E-state index in [1.165, 1.54) is 36.0 Å². The molecule has 1 unspecified atom stereocenters. The fourth-order valence-corrected chi connectivity index (χ4v) is 3.62. The number of hydrogen-bond donors (Lipinski definition) is 2. The fourth-order valence-electron chi connectivity index (χ4n) is 2.51. The average Bonchev–Trinajstić information content (AvgIpc) is 2.70. The number of hydrogen-bond acceptors (Lipinski definition) is 3. The molecular formula is C22H18ClFN2O2S. The Bertz CT molecular complexity index is 1030. The van der Waals surface area contributed by atoms with Crippen molar-refractivity contribution in [3.05, 3.63) is 89.2 Å². The molecule has 0 aromatic heterocycles. The first-order chi connectivity index (χ1) is 13.9. The van der Waals surface area contributed by atoms with Crippen molar-refractivity contribution in [2.75, 3.05) is 10.6 Å². The van der Waals surface area contributed by atoms with Gasteiger partial charge in [0.25, 0.3) is 5.91 Å². The summed E-state index contributed by atoms with van der Waals surface area (Å²) >= 11 is 7.44. The maximum atomic E-state index is 13.0. The molecule has 0 radical (unpaired) electrons. The van der Waals surface area contributed by atoms with Crippen molar-refractivity contribution in [1.29, 1.82) is 0 Å². The molecule has 0 aliphatic heterocycles. The van der Waals surface area contributed by atoms with Gasteiger partial charge in [-0.2, -0.15) is 0 Å². The third-order valence-corrected chi connectivity index (χ3v) is 5.44. The summed E-state index contributed by atoms with van der Waals surface area (Å²) < 4.78 is 13.0. The van der Waals surface area contributed by atoms with Crippen LogP contribution in [0.25, 0.3) is 0 Å². The SMILES string of the molecule is CC(Sc1cccc(NC(=O)c2ccc(F)cc2)c1)C(=O)Nc1ccccc1Cl. The third-order valence-electron chi connectivity index (χ3n) is 4.01. The minimum atomic E-state index is -0.399. The van der Waals surface area contributed by atoms with Gasteiger partial charge >= 0.3 is 0 Å². The van der Waals surface area contributed by atoms with Gasteiger partial charge in [-0.1, -0.05) is 29.8 Å². The first-order valence-electron chi connectivity index (χ1n) is 8.81. The van der Waals surface area contributed by atoms with E-state index in [1.54, 1.807) is 49.4 Å². The molecule has 0 spiro atoms. The number of nitrogens with one attached hydrogen (secondary N) is 2. The van der Waals surface area contributed by atoms with E-state index in [2.05, 4.69) is 10.6 Å². The Balaban J connectivity index is 1.63. The number of carbonyl (C=O) groups is 2. The largest absolute Gasteiger partial charge is 0.324 e. The highest BCUT2D eigenvalue weighted by Gasteiger charge is 2.16. The second-order valence-corrected chi connectivity index (χ2v) is 8.04. The lowest BCUT2D eigenvalue weighted by Crippen LogP contribution is -2.22. The minimum absolute atomic E-state index is 0.177. The van der Waals surface area contributed by atoms with Crippen molar-refractivity contribution < 1.29 is 14.0 Å². The number of para-hydroxylation sites is 1. The first-order valence-corrected chi connectivity index (χ1v) is 10.1. The molecule has 2 N–H and O–H groups in total. The Morgan fingerprint density at radius 2 is 1.69 bits per heavy atom. The Labute approximate surface area is 177 Å². The van der Waals surface area contributed by atoms with E-state index in [9.17, 15) is 14.0 Å². The van der Waals surface area contributed by atoms with E-state index in [4.69, 9.17) is 11.6 Å². The van der Waals surface area contributed by atoms with Crippen molar-refractivity contribution in [3.8, 4) is 0 Å². The van der Waals surface area contributed by atoms with Crippen molar-refractivity contribution in [1.82, 2.24) is 0 Å². The lowest BCUT2D eigenvalue weighted by molar-refractivity contribution is -0.115. The molecule has 1 atom stereocenters. The maximum absolute atomic E-state index is 13.0. The smallest absolute Gasteiger partial charge is 0.255 e. The third kappa shape index (κ3) is 5.82. The second kappa shape index (κ2) is 9.58. The van der Waals surface area contributed by atoms with Gasteiger partial charge in [0.05, 0.1) is 16.0 Å². The molecule has 3 aromatic rings. The summed E-state index contributed by atoms with van der Waals surface area (Å²) in [6.07, 6.45) is 0. The van der Waals surface area contributed by atoms with E-state index in [-0.39, 0.29) is 17.1 Å². The van der Waals surface area contributed by atoms with Crippen LogP contribution in [0.4, 0.5) is 15.8 Å². The standard InChI is InChI=1S/C22H18ClFN2O2S/c1-14(21(27)26-20-8-3-2-7-19(20)23)29-18-6-4-5-17(13-18)25-22(28)15-9-11-16(24)12-10-15/h2-14H,1H3,(H,25,28)(H,26,27). The zero-order valence-corrected chi connectivity index (χ0v) is 17.1. The maximum Gasteiger partial charge on any atom is 0.255 e. The van der Waals surface area contributed by atoms with Gasteiger partial charge in [0.1, 0.15) is 5.82 Å². The predicted octanol–water partition coefficient (Wildman–Crippen LogP) is 5.85. The van der Waals surface area contributed by atoms with Crippen LogP contribution < -0.4 is 10.6 Å². The summed E-state index contributed by atoms with van der Waals surface area (Å²) in [6, 6.07) is 19.5. The van der Waals surface area contributed by atoms with Crippen molar-refractivity contribution in [3.63, 3.8) is 0 Å². The molecule has 0 fully saturated rings. The number of benzene rings is 3. The molecular weight excluding hydrogens is 411 g/mol. The van der Waals surface area contributed by atoms with E-state index in [0.717, 1.165) is 4.90 Å². The van der Waals surface area contributed by atoms with Crippen LogP contribution in [0.3, 0.4) is 0 Å². The predicted molar refractivity (Wildman–Crippen MR) is 116 cm³/mol. The summed E-state index contributed by atoms with van der Waals surface area (Å²) in [7, 11) is 0. The zero-order valence-electron chi connectivity index (χ0n) is 15.5. The van der Waals surface area contributed by atoms with Crippen LogP contribution in [0.1, 0.15) is 17.3 Å². The van der Waals surface area contributed by atoms with Crippen LogP contribution in [-0.2, 0) is 4.79 Å². The number of anilines is 2. The summed E-state index contributed by atoms with van der Waals surface area (Å²) in [6.45, 7) is 1.79. The summed E-state index contributed by atoms with van der Waals surface area (Å²) in [5.74, 6) is -0.912. The average molecular weight is 429 g/mol. The number of carbonyl (C=O) groups excluding carboxylic acids is 2. The quantitative estimate of drug-likeness (QED) is 0.484. The van der Waals surface area contributed by atoms with Crippen LogP contribution in [0, 0.1) is 5.82 Å². The second-order valence-electron chi connectivity index (χ2n) is 6.22. The molecule has 0 aliphatic carbocycles. The Hall–Kier alpha value is -2.83. The van der Waals surface area contributed by atoms with Gasteiger partial charge in [0.2, 0.25) is 5.91 Å². The molecule has 0 bridgehead atoms. The van der Waals surface area contributed by atoms with Crippen molar-refractivity contribution in [2.24, 2.45) is 0 Å². The number of thioether (sulfide) groups is 1. The molecule has 0 saturated heterocycles. The Kier molecular flexibility index (Phi) is 6.90. The number of rotatable bonds is 6.